The molecule has 0 aliphatic heterocycles. The third kappa shape index (κ3) is 3.34. The molecule has 0 saturated carbocycles. The van der Waals surface area contributed by atoms with Crippen molar-refractivity contribution in [1.82, 2.24) is 0 Å². The van der Waals surface area contributed by atoms with Crippen molar-refractivity contribution in [3.05, 3.63) is 35.9 Å². The summed E-state index contributed by atoms with van der Waals surface area (Å²) in [6, 6.07) is 9.68. The van der Waals surface area contributed by atoms with Gasteiger partial charge in [0, 0.05) is 0 Å². The van der Waals surface area contributed by atoms with Gasteiger partial charge in [0.2, 0.25) is 0 Å². The minimum atomic E-state index is -0.897. The maximum absolute atomic E-state index is 12.3. The summed E-state index contributed by atoms with van der Waals surface area (Å²) in [5.74, 6) is -0.336. The van der Waals surface area contributed by atoms with E-state index in [1.54, 1.807) is 13.8 Å². The number of carbonyl (C=O) groups is 1. The maximum atomic E-state index is 12.3. The number of hydrogen-bond donors (Lipinski definition) is 1. The van der Waals surface area contributed by atoms with Gasteiger partial charge in [-0.2, -0.15) is 0 Å². The topological polar surface area (TPSA) is 58.9 Å². The molecule has 1 N–H and O–H groups in total. The highest BCUT2D eigenvalue weighted by Gasteiger charge is 2.41. The van der Waals surface area contributed by atoms with Crippen LogP contribution in [0.2, 0.25) is 0 Å². The Bertz CT molecular complexity index is 442. The van der Waals surface area contributed by atoms with Crippen LogP contribution in [0, 0.1) is 5.41 Å². The number of carbonyl (C=O) groups excluding carboxylic acids is 1. The standard InChI is InChI=1S/C15H21NO3/c1-4-15(12(3)16-18,14(17)19-5-2)11-13-9-7-6-8-10-13/h6-10,18H,4-5,11H2,1-3H3/b16-12+/t15-/m0/s1. The second kappa shape index (κ2) is 6.92. The minimum absolute atomic E-state index is 0.314. The normalized spacial score (nSPS) is 14.8. The fourth-order valence-electron chi connectivity index (χ4n) is 2.18. The Balaban J connectivity index is 3.14. The van der Waals surface area contributed by atoms with Gasteiger partial charge in [0.25, 0.3) is 0 Å². The first-order valence-electron chi connectivity index (χ1n) is 6.51. The highest BCUT2D eigenvalue weighted by Crippen LogP contribution is 2.31. The van der Waals surface area contributed by atoms with Gasteiger partial charge in [-0.3, -0.25) is 4.79 Å². The average Bonchev–Trinajstić information content (AvgIpc) is 2.45. The molecule has 1 aromatic carbocycles. The fourth-order valence-corrected chi connectivity index (χ4v) is 2.18. The molecule has 0 aromatic heterocycles. The van der Waals surface area contributed by atoms with Gasteiger partial charge in [-0.05, 0) is 32.3 Å². The summed E-state index contributed by atoms with van der Waals surface area (Å²) in [4.78, 5) is 12.3. The molecule has 4 nitrogen and oxygen atoms in total. The van der Waals surface area contributed by atoms with Gasteiger partial charge in [-0.25, -0.2) is 0 Å². The molecule has 0 spiro atoms. The number of ether oxygens (including phenoxy) is 1. The highest BCUT2D eigenvalue weighted by molar-refractivity contribution is 6.05. The average molecular weight is 263 g/mol. The maximum Gasteiger partial charge on any atom is 0.318 e. The lowest BCUT2D eigenvalue weighted by molar-refractivity contribution is -0.151. The van der Waals surface area contributed by atoms with Crippen molar-refractivity contribution in [2.75, 3.05) is 6.61 Å². The van der Waals surface area contributed by atoms with Gasteiger partial charge in [0.1, 0.15) is 5.41 Å². The number of nitrogens with zero attached hydrogens (tertiary/aromatic N) is 1. The van der Waals surface area contributed by atoms with E-state index in [9.17, 15) is 4.79 Å². The molecule has 0 aliphatic carbocycles. The number of oxime groups is 1. The third-order valence-electron chi connectivity index (χ3n) is 3.46. The van der Waals surface area contributed by atoms with E-state index in [4.69, 9.17) is 9.94 Å². The van der Waals surface area contributed by atoms with Crippen molar-refractivity contribution in [2.24, 2.45) is 10.6 Å². The summed E-state index contributed by atoms with van der Waals surface area (Å²) in [6.45, 7) is 5.64. The smallest absolute Gasteiger partial charge is 0.318 e. The summed E-state index contributed by atoms with van der Waals surface area (Å²) < 4.78 is 5.16. The van der Waals surface area contributed by atoms with E-state index in [0.29, 0.717) is 25.2 Å². The van der Waals surface area contributed by atoms with E-state index in [1.807, 2.05) is 37.3 Å². The van der Waals surface area contributed by atoms with E-state index in [-0.39, 0.29) is 5.97 Å². The zero-order chi connectivity index (χ0) is 14.3. The SMILES string of the molecule is CCOC(=O)[C@@](CC)(Cc1ccccc1)/C(C)=N/O. The molecule has 0 bridgehead atoms. The summed E-state index contributed by atoms with van der Waals surface area (Å²) in [5, 5.41) is 12.3. The second-order valence-electron chi connectivity index (χ2n) is 4.50. The van der Waals surface area contributed by atoms with Crippen molar-refractivity contribution in [1.29, 1.82) is 0 Å². The Hall–Kier alpha value is -1.84. The van der Waals surface area contributed by atoms with Crippen LogP contribution in [0.15, 0.2) is 35.5 Å². The molecule has 1 rings (SSSR count). The number of esters is 1. The summed E-state index contributed by atoms with van der Waals surface area (Å²) in [5.41, 5.74) is 0.504. The zero-order valence-corrected chi connectivity index (χ0v) is 11.7. The van der Waals surface area contributed by atoms with Gasteiger partial charge in [0.15, 0.2) is 0 Å². The number of benzene rings is 1. The Morgan fingerprint density at radius 1 is 1.32 bits per heavy atom. The van der Waals surface area contributed by atoms with E-state index in [2.05, 4.69) is 5.16 Å². The predicted octanol–water partition coefficient (Wildman–Crippen LogP) is 3.04. The van der Waals surface area contributed by atoms with Gasteiger partial charge in [-0.15, -0.1) is 0 Å². The van der Waals surface area contributed by atoms with Crippen LogP contribution in [-0.4, -0.2) is 23.5 Å². The van der Waals surface area contributed by atoms with E-state index < -0.39 is 5.41 Å². The van der Waals surface area contributed by atoms with Crippen LogP contribution in [0.3, 0.4) is 0 Å². The van der Waals surface area contributed by atoms with Gasteiger partial charge < -0.3 is 9.94 Å². The Kier molecular flexibility index (Phi) is 5.55. The first-order valence-corrected chi connectivity index (χ1v) is 6.51. The molecule has 4 heteroatoms. The molecule has 1 aromatic rings. The third-order valence-corrected chi connectivity index (χ3v) is 3.46. The first kappa shape index (κ1) is 15.2. The molecule has 0 unspecified atom stereocenters. The largest absolute Gasteiger partial charge is 0.465 e. The van der Waals surface area contributed by atoms with E-state index in [1.165, 1.54) is 0 Å². The molecule has 0 saturated heterocycles. The molecular weight excluding hydrogens is 242 g/mol. The van der Waals surface area contributed by atoms with Crippen LogP contribution < -0.4 is 0 Å². The van der Waals surface area contributed by atoms with Crippen molar-refractivity contribution in [2.45, 2.75) is 33.6 Å². The molecule has 0 radical (unpaired) electrons. The predicted molar refractivity (Wildman–Crippen MR) is 74.4 cm³/mol. The molecular formula is C15H21NO3. The van der Waals surface area contributed by atoms with Crippen molar-refractivity contribution in [3.63, 3.8) is 0 Å². The van der Waals surface area contributed by atoms with E-state index >= 15 is 0 Å². The van der Waals surface area contributed by atoms with Gasteiger partial charge in [-0.1, -0.05) is 42.4 Å². The van der Waals surface area contributed by atoms with Crippen LogP contribution in [0.5, 0.6) is 0 Å². The Morgan fingerprint density at radius 2 is 1.95 bits per heavy atom. The quantitative estimate of drug-likeness (QED) is 0.371. The molecule has 104 valence electrons. The van der Waals surface area contributed by atoms with Crippen LogP contribution in [0.25, 0.3) is 0 Å². The molecule has 0 amide bonds. The summed E-state index contributed by atoms with van der Waals surface area (Å²) in [7, 11) is 0. The van der Waals surface area contributed by atoms with Crippen molar-refractivity contribution < 1.29 is 14.7 Å². The molecule has 0 fully saturated rings. The van der Waals surface area contributed by atoms with Crippen molar-refractivity contribution in [3.8, 4) is 0 Å². The lowest BCUT2D eigenvalue weighted by atomic mass is 9.75. The summed E-state index contributed by atoms with van der Waals surface area (Å²) >= 11 is 0. The minimum Gasteiger partial charge on any atom is -0.465 e. The van der Waals surface area contributed by atoms with Gasteiger partial charge in [0.05, 0.1) is 12.3 Å². The lowest BCUT2D eigenvalue weighted by Gasteiger charge is -2.29. The second-order valence-corrected chi connectivity index (χ2v) is 4.50. The molecule has 1 atom stereocenters. The highest BCUT2D eigenvalue weighted by atomic mass is 16.5. The Morgan fingerprint density at radius 3 is 2.42 bits per heavy atom. The van der Waals surface area contributed by atoms with Crippen LogP contribution in [0.1, 0.15) is 32.8 Å². The summed E-state index contributed by atoms with van der Waals surface area (Å²) in [6.07, 6.45) is 0.996. The number of hydrogen-bond acceptors (Lipinski definition) is 4. The molecule has 0 aliphatic rings. The monoisotopic (exact) mass is 263 g/mol. The first-order chi connectivity index (χ1) is 9.10. The molecule has 19 heavy (non-hydrogen) atoms. The van der Waals surface area contributed by atoms with Crippen molar-refractivity contribution >= 4 is 11.7 Å². The van der Waals surface area contributed by atoms with Crippen LogP contribution in [0.4, 0.5) is 0 Å². The van der Waals surface area contributed by atoms with E-state index in [0.717, 1.165) is 5.56 Å². The van der Waals surface area contributed by atoms with Crippen LogP contribution >= 0.6 is 0 Å². The zero-order valence-electron chi connectivity index (χ0n) is 11.7. The number of rotatable bonds is 6. The van der Waals surface area contributed by atoms with Crippen LogP contribution in [-0.2, 0) is 16.0 Å². The van der Waals surface area contributed by atoms with Gasteiger partial charge >= 0.3 is 5.97 Å². The molecule has 0 heterocycles. The lowest BCUT2D eigenvalue weighted by Crippen LogP contribution is -2.41. The Labute approximate surface area is 114 Å². The fraction of sp³-hybridized carbons (Fsp3) is 0.467.